The number of hydrogen-bond donors (Lipinski definition) is 2. The van der Waals surface area contributed by atoms with E-state index in [1.165, 1.54) is 6.07 Å². The van der Waals surface area contributed by atoms with Crippen molar-refractivity contribution in [1.82, 2.24) is 4.72 Å². The Kier molecular flexibility index (Phi) is 5.58. The lowest BCUT2D eigenvalue weighted by Crippen LogP contribution is -2.25. The standard InChI is InChI=1S/C11H16BrNO3S/c1-2-3-6-13-17(15,16)11-5-4-9(8-14)7-10(11)12/h4-5,7,13-14H,2-3,6,8H2,1H3. The summed E-state index contributed by atoms with van der Waals surface area (Å²) in [6, 6.07) is 4.69. The van der Waals surface area contributed by atoms with Gasteiger partial charge in [-0.3, -0.25) is 0 Å². The van der Waals surface area contributed by atoms with Crippen molar-refractivity contribution in [2.75, 3.05) is 6.54 Å². The number of aliphatic hydroxyl groups is 1. The van der Waals surface area contributed by atoms with Crippen molar-refractivity contribution in [3.63, 3.8) is 0 Å². The van der Waals surface area contributed by atoms with Gasteiger partial charge in [-0.05, 0) is 40.0 Å². The van der Waals surface area contributed by atoms with Gasteiger partial charge in [-0.2, -0.15) is 0 Å². The molecule has 0 atom stereocenters. The first-order valence-electron chi connectivity index (χ1n) is 5.40. The van der Waals surface area contributed by atoms with E-state index in [-0.39, 0.29) is 11.5 Å². The lowest BCUT2D eigenvalue weighted by Gasteiger charge is -2.09. The highest BCUT2D eigenvalue weighted by Gasteiger charge is 2.16. The van der Waals surface area contributed by atoms with Gasteiger partial charge in [-0.25, -0.2) is 13.1 Å². The minimum absolute atomic E-state index is 0.109. The normalized spacial score (nSPS) is 11.7. The maximum Gasteiger partial charge on any atom is 0.241 e. The largest absolute Gasteiger partial charge is 0.392 e. The van der Waals surface area contributed by atoms with Gasteiger partial charge in [-0.1, -0.05) is 19.4 Å². The van der Waals surface area contributed by atoms with Crippen molar-refractivity contribution in [2.45, 2.75) is 31.3 Å². The topological polar surface area (TPSA) is 66.4 Å². The summed E-state index contributed by atoms with van der Waals surface area (Å²) in [6.45, 7) is 2.33. The summed E-state index contributed by atoms with van der Waals surface area (Å²) in [6.07, 6.45) is 1.75. The van der Waals surface area contributed by atoms with Crippen LogP contribution < -0.4 is 4.72 Å². The molecule has 0 spiro atoms. The van der Waals surface area contributed by atoms with Crippen LogP contribution in [0.4, 0.5) is 0 Å². The predicted molar refractivity (Wildman–Crippen MR) is 70.2 cm³/mol. The summed E-state index contributed by atoms with van der Waals surface area (Å²) in [5.74, 6) is 0. The molecule has 0 heterocycles. The summed E-state index contributed by atoms with van der Waals surface area (Å²) in [5.41, 5.74) is 0.671. The Morgan fingerprint density at radius 2 is 2.12 bits per heavy atom. The van der Waals surface area contributed by atoms with Crippen LogP contribution in [0.3, 0.4) is 0 Å². The molecule has 6 heteroatoms. The molecule has 17 heavy (non-hydrogen) atoms. The van der Waals surface area contributed by atoms with Crippen molar-refractivity contribution < 1.29 is 13.5 Å². The highest BCUT2D eigenvalue weighted by atomic mass is 79.9. The Morgan fingerprint density at radius 3 is 2.65 bits per heavy atom. The SMILES string of the molecule is CCCCNS(=O)(=O)c1ccc(CO)cc1Br. The first kappa shape index (κ1) is 14.6. The van der Waals surface area contributed by atoms with Gasteiger partial charge >= 0.3 is 0 Å². The first-order valence-corrected chi connectivity index (χ1v) is 7.68. The van der Waals surface area contributed by atoms with E-state index in [0.717, 1.165) is 12.8 Å². The third kappa shape index (κ3) is 4.06. The molecule has 1 aromatic carbocycles. The quantitative estimate of drug-likeness (QED) is 0.788. The number of rotatable bonds is 6. The summed E-state index contributed by atoms with van der Waals surface area (Å²) >= 11 is 3.20. The van der Waals surface area contributed by atoms with E-state index >= 15 is 0 Å². The van der Waals surface area contributed by atoms with Gasteiger partial charge in [0.15, 0.2) is 0 Å². The molecule has 0 radical (unpaired) electrons. The van der Waals surface area contributed by atoms with Gasteiger partial charge in [0, 0.05) is 11.0 Å². The van der Waals surface area contributed by atoms with Crippen LogP contribution in [0.5, 0.6) is 0 Å². The summed E-state index contributed by atoms with van der Waals surface area (Å²) in [4.78, 5) is 0.200. The number of sulfonamides is 1. The lowest BCUT2D eigenvalue weighted by atomic mass is 10.2. The van der Waals surface area contributed by atoms with Crippen molar-refractivity contribution >= 4 is 26.0 Å². The molecule has 0 aromatic heterocycles. The summed E-state index contributed by atoms with van der Waals surface area (Å²) < 4.78 is 26.8. The van der Waals surface area contributed by atoms with Gasteiger partial charge in [-0.15, -0.1) is 0 Å². The Balaban J connectivity index is 2.91. The van der Waals surface area contributed by atoms with E-state index in [1.807, 2.05) is 6.92 Å². The van der Waals surface area contributed by atoms with Crippen molar-refractivity contribution in [3.8, 4) is 0 Å². The zero-order valence-corrected chi connectivity index (χ0v) is 12.0. The molecule has 0 amide bonds. The molecule has 0 saturated carbocycles. The van der Waals surface area contributed by atoms with E-state index in [9.17, 15) is 8.42 Å². The van der Waals surface area contributed by atoms with Gasteiger partial charge < -0.3 is 5.11 Å². The van der Waals surface area contributed by atoms with Crippen LogP contribution in [0.25, 0.3) is 0 Å². The third-order valence-corrected chi connectivity index (χ3v) is 4.73. The molecule has 1 rings (SSSR count). The lowest BCUT2D eigenvalue weighted by molar-refractivity contribution is 0.281. The number of unbranched alkanes of at least 4 members (excludes halogenated alkanes) is 1. The average Bonchev–Trinajstić information content (AvgIpc) is 2.28. The fourth-order valence-electron chi connectivity index (χ4n) is 1.32. The van der Waals surface area contributed by atoms with Gasteiger partial charge in [0.2, 0.25) is 10.0 Å². The zero-order chi connectivity index (χ0) is 12.9. The number of aliphatic hydroxyl groups excluding tert-OH is 1. The minimum Gasteiger partial charge on any atom is -0.392 e. The average molecular weight is 322 g/mol. The highest BCUT2D eigenvalue weighted by molar-refractivity contribution is 9.10. The van der Waals surface area contributed by atoms with Crippen molar-refractivity contribution in [2.24, 2.45) is 0 Å². The van der Waals surface area contributed by atoms with Crippen LogP contribution in [0, 0.1) is 0 Å². The molecule has 2 N–H and O–H groups in total. The van der Waals surface area contributed by atoms with Crippen LogP contribution in [-0.4, -0.2) is 20.1 Å². The molecular weight excluding hydrogens is 306 g/mol. The van der Waals surface area contributed by atoms with Crippen molar-refractivity contribution in [3.05, 3.63) is 28.2 Å². The van der Waals surface area contributed by atoms with Crippen LogP contribution in [-0.2, 0) is 16.6 Å². The Labute approximate surface area is 110 Å². The maximum absolute atomic E-state index is 11.9. The number of hydrogen-bond acceptors (Lipinski definition) is 3. The number of halogens is 1. The van der Waals surface area contributed by atoms with Crippen molar-refractivity contribution in [1.29, 1.82) is 0 Å². The first-order chi connectivity index (χ1) is 8.01. The molecule has 0 aliphatic heterocycles. The van der Waals surface area contributed by atoms with Crippen LogP contribution >= 0.6 is 15.9 Å². The molecule has 96 valence electrons. The summed E-state index contributed by atoms with van der Waals surface area (Å²) in [5, 5.41) is 8.94. The monoisotopic (exact) mass is 321 g/mol. The third-order valence-electron chi connectivity index (χ3n) is 2.29. The van der Waals surface area contributed by atoms with Gasteiger partial charge in [0.1, 0.15) is 0 Å². The number of benzene rings is 1. The molecule has 0 unspecified atom stereocenters. The van der Waals surface area contributed by atoms with Gasteiger partial charge in [0.25, 0.3) is 0 Å². The minimum atomic E-state index is -3.47. The van der Waals surface area contributed by atoms with Crippen LogP contribution in [0.1, 0.15) is 25.3 Å². The fourth-order valence-corrected chi connectivity index (χ4v) is 3.52. The molecule has 0 saturated heterocycles. The predicted octanol–water partition coefficient (Wildman–Crippen LogP) is 2.02. The van der Waals surface area contributed by atoms with Crippen LogP contribution in [0.15, 0.2) is 27.6 Å². The van der Waals surface area contributed by atoms with E-state index in [1.54, 1.807) is 12.1 Å². The molecule has 0 bridgehead atoms. The molecular formula is C11H16BrNO3S. The number of nitrogens with one attached hydrogen (secondary N) is 1. The maximum atomic E-state index is 11.9. The zero-order valence-electron chi connectivity index (χ0n) is 9.61. The smallest absolute Gasteiger partial charge is 0.241 e. The summed E-state index contributed by atoms with van der Waals surface area (Å²) in [7, 11) is -3.47. The molecule has 4 nitrogen and oxygen atoms in total. The van der Waals surface area contributed by atoms with Crippen LogP contribution in [0.2, 0.25) is 0 Å². The molecule has 1 aromatic rings. The Morgan fingerprint density at radius 1 is 1.41 bits per heavy atom. The van der Waals surface area contributed by atoms with E-state index in [2.05, 4.69) is 20.7 Å². The van der Waals surface area contributed by atoms with E-state index < -0.39 is 10.0 Å². The molecule has 0 aliphatic rings. The molecule has 0 aliphatic carbocycles. The second-order valence-corrected chi connectivity index (χ2v) is 6.26. The second kappa shape index (κ2) is 6.49. The molecule has 0 fully saturated rings. The van der Waals surface area contributed by atoms with E-state index in [0.29, 0.717) is 16.6 Å². The Hall–Kier alpha value is -0.430. The second-order valence-electron chi connectivity index (χ2n) is 3.67. The fraction of sp³-hybridized carbons (Fsp3) is 0.455. The Bertz CT molecular complexity index is 474. The highest BCUT2D eigenvalue weighted by Crippen LogP contribution is 2.23. The van der Waals surface area contributed by atoms with E-state index in [4.69, 9.17) is 5.11 Å². The van der Waals surface area contributed by atoms with Gasteiger partial charge in [0.05, 0.1) is 11.5 Å².